The number of anilines is 2. The summed E-state index contributed by atoms with van der Waals surface area (Å²) < 4.78 is 0. The van der Waals surface area contributed by atoms with Crippen LogP contribution in [-0.2, 0) is 11.2 Å². The van der Waals surface area contributed by atoms with Crippen molar-refractivity contribution >= 4 is 28.1 Å². The number of nitrogens with two attached hydrogens (primary N) is 1. The Morgan fingerprint density at radius 1 is 1.58 bits per heavy atom. The van der Waals surface area contributed by atoms with E-state index in [2.05, 4.69) is 23.3 Å². The number of aromatic nitrogens is 1. The average molecular weight is 277 g/mol. The van der Waals surface area contributed by atoms with Crippen LogP contribution in [-0.4, -0.2) is 16.1 Å². The summed E-state index contributed by atoms with van der Waals surface area (Å²) in [7, 11) is 0. The predicted octanol–water partition coefficient (Wildman–Crippen LogP) is 2.53. The maximum absolute atomic E-state index is 10.8. The summed E-state index contributed by atoms with van der Waals surface area (Å²) in [5.41, 5.74) is 8.03. The predicted molar refractivity (Wildman–Crippen MR) is 75.8 cm³/mol. The van der Waals surface area contributed by atoms with E-state index in [1.54, 1.807) is 5.38 Å². The van der Waals surface area contributed by atoms with E-state index in [9.17, 15) is 4.79 Å². The summed E-state index contributed by atoms with van der Waals surface area (Å²) in [6, 6.07) is 6.93. The van der Waals surface area contributed by atoms with E-state index in [0.29, 0.717) is 10.8 Å². The first-order chi connectivity index (χ1) is 9.10. The van der Waals surface area contributed by atoms with E-state index >= 15 is 0 Å². The van der Waals surface area contributed by atoms with Crippen LogP contribution in [0.2, 0.25) is 0 Å². The molecule has 0 saturated heterocycles. The number of nitrogens with one attached hydrogen (secondary N) is 1. The van der Waals surface area contributed by atoms with Crippen LogP contribution >= 0.6 is 11.3 Å². The number of carboxylic acids is 1. The highest BCUT2D eigenvalue weighted by atomic mass is 32.1. The lowest BCUT2D eigenvalue weighted by atomic mass is 10.1. The Balaban J connectivity index is 2.13. The molecule has 2 rings (SSSR count). The van der Waals surface area contributed by atoms with Crippen LogP contribution in [0, 0.1) is 0 Å². The van der Waals surface area contributed by atoms with E-state index in [1.807, 2.05) is 18.2 Å². The second-order valence-electron chi connectivity index (χ2n) is 4.07. The third-order valence-electron chi connectivity index (χ3n) is 2.69. The molecule has 0 aliphatic heterocycles. The molecule has 19 heavy (non-hydrogen) atoms. The van der Waals surface area contributed by atoms with Crippen molar-refractivity contribution in [1.82, 2.24) is 4.98 Å². The molecule has 0 amide bonds. The molecule has 0 bridgehead atoms. The minimum Gasteiger partial charge on any atom is -0.480 e. The summed E-state index contributed by atoms with van der Waals surface area (Å²) in [5, 5.41) is 14.3. The number of rotatable bonds is 5. The molecule has 1 atom stereocenters. The molecule has 0 radical (unpaired) electrons. The van der Waals surface area contributed by atoms with Crippen molar-refractivity contribution in [1.29, 1.82) is 0 Å². The highest BCUT2D eigenvalue weighted by molar-refractivity contribution is 7.13. The number of aryl methyl sites for hydroxylation is 1. The lowest BCUT2D eigenvalue weighted by Crippen LogP contribution is -2.20. The number of carbonyl (C=O) groups is 1. The maximum atomic E-state index is 10.8. The van der Waals surface area contributed by atoms with Crippen molar-refractivity contribution in [3.05, 3.63) is 40.9 Å². The third-order valence-corrected chi connectivity index (χ3v) is 3.47. The molecule has 1 aromatic carbocycles. The molecule has 5 nitrogen and oxygen atoms in total. The fraction of sp³-hybridized carbons (Fsp3) is 0.231. The highest BCUT2D eigenvalue weighted by Gasteiger charge is 2.17. The number of thiazole rings is 1. The van der Waals surface area contributed by atoms with Crippen LogP contribution in [0.5, 0.6) is 0 Å². The summed E-state index contributed by atoms with van der Waals surface area (Å²) in [6.07, 6.45) is 0.961. The van der Waals surface area contributed by atoms with Crippen LogP contribution in [0.3, 0.4) is 0 Å². The Hall–Kier alpha value is -1.92. The molecule has 1 aromatic heterocycles. The van der Waals surface area contributed by atoms with Gasteiger partial charge in [0.2, 0.25) is 0 Å². The molecule has 1 heterocycles. The van der Waals surface area contributed by atoms with Gasteiger partial charge in [0, 0.05) is 11.1 Å². The number of hydrogen-bond acceptors (Lipinski definition) is 5. The highest BCUT2D eigenvalue weighted by Crippen LogP contribution is 2.24. The summed E-state index contributed by atoms with van der Waals surface area (Å²) in [4.78, 5) is 15.0. The van der Waals surface area contributed by atoms with Gasteiger partial charge >= 0.3 is 5.97 Å². The topological polar surface area (TPSA) is 88.2 Å². The van der Waals surface area contributed by atoms with Gasteiger partial charge in [0.25, 0.3) is 0 Å². The zero-order chi connectivity index (χ0) is 13.8. The maximum Gasteiger partial charge on any atom is 0.326 e. The van der Waals surface area contributed by atoms with E-state index in [0.717, 1.165) is 12.1 Å². The monoisotopic (exact) mass is 277 g/mol. The van der Waals surface area contributed by atoms with Crippen molar-refractivity contribution in [2.24, 2.45) is 5.73 Å². The minimum atomic E-state index is -1.08. The molecule has 0 aliphatic rings. The van der Waals surface area contributed by atoms with E-state index < -0.39 is 12.0 Å². The van der Waals surface area contributed by atoms with Crippen molar-refractivity contribution in [2.75, 3.05) is 5.32 Å². The van der Waals surface area contributed by atoms with Gasteiger partial charge in [-0.15, -0.1) is 11.3 Å². The SMILES string of the molecule is CCc1cccc(Nc2nc(C(N)C(=O)O)cs2)c1. The molecule has 0 spiro atoms. The molecule has 1 unspecified atom stereocenters. The lowest BCUT2D eigenvalue weighted by Gasteiger charge is -2.05. The number of hydrogen-bond donors (Lipinski definition) is 3. The van der Waals surface area contributed by atoms with Gasteiger partial charge in [-0.2, -0.15) is 0 Å². The molecule has 6 heteroatoms. The molecule has 0 fully saturated rings. The lowest BCUT2D eigenvalue weighted by molar-refractivity contribution is -0.138. The van der Waals surface area contributed by atoms with E-state index in [1.165, 1.54) is 16.9 Å². The number of nitrogens with zero attached hydrogens (tertiary/aromatic N) is 1. The van der Waals surface area contributed by atoms with Gasteiger partial charge in [-0.05, 0) is 24.1 Å². The molecular weight excluding hydrogens is 262 g/mol. The van der Waals surface area contributed by atoms with Gasteiger partial charge in [0.15, 0.2) is 5.13 Å². The third kappa shape index (κ3) is 3.30. The van der Waals surface area contributed by atoms with E-state index in [4.69, 9.17) is 10.8 Å². The minimum absolute atomic E-state index is 0.367. The summed E-state index contributed by atoms with van der Waals surface area (Å²) in [6.45, 7) is 2.09. The Bertz CT molecular complexity index is 583. The second-order valence-corrected chi connectivity index (χ2v) is 4.93. The van der Waals surface area contributed by atoms with Gasteiger partial charge in [-0.25, -0.2) is 4.98 Å². The first kappa shape index (κ1) is 13.5. The zero-order valence-electron chi connectivity index (χ0n) is 10.5. The fourth-order valence-corrected chi connectivity index (χ4v) is 2.37. The molecule has 100 valence electrons. The average Bonchev–Trinajstić information content (AvgIpc) is 2.86. The van der Waals surface area contributed by atoms with Crippen LogP contribution < -0.4 is 11.1 Å². The van der Waals surface area contributed by atoms with Crippen molar-refractivity contribution in [3.8, 4) is 0 Å². The van der Waals surface area contributed by atoms with Crippen LogP contribution in [0.1, 0.15) is 24.2 Å². The first-order valence-corrected chi connectivity index (χ1v) is 6.78. The number of carboxylic acid groups (broad SMARTS) is 1. The standard InChI is InChI=1S/C13H15N3O2S/c1-2-8-4-3-5-9(6-8)15-13-16-10(7-19-13)11(14)12(17)18/h3-7,11H,2,14H2,1H3,(H,15,16)(H,17,18). The smallest absolute Gasteiger partial charge is 0.326 e. The van der Waals surface area contributed by atoms with Gasteiger partial charge in [-0.1, -0.05) is 19.1 Å². The summed E-state index contributed by atoms with van der Waals surface area (Å²) >= 11 is 1.34. The van der Waals surface area contributed by atoms with Gasteiger partial charge in [-0.3, -0.25) is 4.79 Å². The van der Waals surface area contributed by atoms with Gasteiger partial charge in [0.1, 0.15) is 6.04 Å². The van der Waals surface area contributed by atoms with Crippen LogP contribution in [0.25, 0.3) is 0 Å². The Labute approximate surface area is 115 Å². The van der Waals surface area contributed by atoms with Gasteiger partial charge < -0.3 is 16.2 Å². The van der Waals surface area contributed by atoms with Crippen molar-refractivity contribution in [2.45, 2.75) is 19.4 Å². The largest absolute Gasteiger partial charge is 0.480 e. The van der Waals surface area contributed by atoms with Gasteiger partial charge in [0.05, 0.1) is 5.69 Å². The quantitative estimate of drug-likeness (QED) is 0.781. The molecule has 2 aromatic rings. The molecule has 0 saturated carbocycles. The zero-order valence-corrected chi connectivity index (χ0v) is 11.3. The van der Waals surface area contributed by atoms with Crippen molar-refractivity contribution < 1.29 is 9.90 Å². The van der Waals surface area contributed by atoms with Crippen molar-refractivity contribution in [3.63, 3.8) is 0 Å². The molecule has 4 N–H and O–H groups in total. The second kappa shape index (κ2) is 5.81. The number of benzene rings is 1. The Kier molecular flexibility index (Phi) is 4.13. The fourth-order valence-electron chi connectivity index (χ4n) is 1.61. The van der Waals surface area contributed by atoms with Crippen LogP contribution in [0.15, 0.2) is 29.6 Å². The first-order valence-electron chi connectivity index (χ1n) is 5.90. The molecular formula is C13H15N3O2S. The Morgan fingerprint density at radius 2 is 2.37 bits per heavy atom. The molecule has 0 aliphatic carbocycles. The Morgan fingerprint density at radius 3 is 3.05 bits per heavy atom. The summed E-state index contributed by atoms with van der Waals surface area (Å²) in [5.74, 6) is -1.08. The number of aliphatic carboxylic acids is 1. The van der Waals surface area contributed by atoms with Crippen LogP contribution in [0.4, 0.5) is 10.8 Å². The normalized spacial score (nSPS) is 12.1. The van der Waals surface area contributed by atoms with E-state index in [-0.39, 0.29) is 0 Å².